The number of hydrogen-bond donors (Lipinski definition) is 1. The third kappa shape index (κ3) is 5.97. The van der Waals surface area contributed by atoms with Gasteiger partial charge in [0.15, 0.2) is 11.5 Å². The fraction of sp³-hybridized carbons (Fsp3) is 0.391. The van der Waals surface area contributed by atoms with Gasteiger partial charge in [-0.1, -0.05) is 17.3 Å². The van der Waals surface area contributed by atoms with Gasteiger partial charge in [0.2, 0.25) is 15.9 Å². The Kier molecular flexibility index (Phi) is 8.44. The number of ether oxygens (including phenoxy) is 1. The zero-order valence-electron chi connectivity index (χ0n) is 19.8. The van der Waals surface area contributed by atoms with Crippen molar-refractivity contribution in [2.45, 2.75) is 35.5 Å². The molecule has 0 bridgehead atoms. The lowest BCUT2D eigenvalue weighted by atomic mass is 9.97. The lowest BCUT2D eigenvalue weighted by Crippen LogP contribution is -2.38. The Morgan fingerprint density at radius 1 is 1.28 bits per heavy atom. The van der Waals surface area contributed by atoms with E-state index in [0.29, 0.717) is 29.4 Å². The van der Waals surface area contributed by atoms with Gasteiger partial charge in [0.05, 0.1) is 22.3 Å². The van der Waals surface area contributed by atoms with Crippen LogP contribution in [-0.2, 0) is 19.6 Å². The van der Waals surface area contributed by atoms with Crippen LogP contribution in [0.3, 0.4) is 0 Å². The van der Waals surface area contributed by atoms with Gasteiger partial charge in [-0.25, -0.2) is 22.9 Å². The molecule has 0 radical (unpaired) electrons. The molecule has 192 valence electrons. The van der Waals surface area contributed by atoms with Crippen LogP contribution in [0.1, 0.15) is 41.2 Å². The van der Waals surface area contributed by atoms with Gasteiger partial charge in [-0.15, -0.1) is 23.1 Å². The largest absolute Gasteiger partial charge is 0.461 e. The number of amides is 1. The van der Waals surface area contributed by atoms with Gasteiger partial charge in [0.1, 0.15) is 5.69 Å². The van der Waals surface area contributed by atoms with Crippen LogP contribution in [0, 0.1) is 0 Å². The summed E-state index contributed by atoms with van der Waals surface area (Å²) in [4.78, 5) is 31.8. The number of esters is 1. The summed E-state index contributed by atoms with van der Waals surface area (Å²) in [6.45, 7) is 3.18. The van der Waals surface area contributed by atoms with Crippen molar-refractivity contribution in [3.8, 4) is 11.5 Å². The molecule has 1 fully saturated rings. The smallest absolute Gasteiger partial charge is 0.360 e. The predicted molar refractivity (Wildman–Crippen MR) is 136 cm³/mol. The number of piperidine rings is 1. The van der Waals surface area contributed by atoms with Crippen LogP contribution in [0.15, 0.2) is 50.0 Å². The summed E-state index contributed by atoms with van der Waals surface area (Å²) in [6.07, 6.45) is 1.55. The zero-order valence-corrected chi connectivity index (χ0v) is 22.2. The van der Waals surface area contributed by atoms with Crippen molar-refractivity contribution in [2.75, 3.05) is 32.5 Å². The first-order valence-corrected chi connectivity index (χ1v) is 14.7. The number of likely N-dealkylation sites (tertiary alicyclic amines) is 1. The fourth-order valence-corrected chi connectivity index (χ4v) is 6.94. The number of nitrogens with zero attached hydrogens (tertiary/aromatic N) is 3. The minimum atomic E-state index is -3.60. The average molecular weight is 551 g/mol. The molecular formula is C23H26N4O6S3. The van der Waals surface area contributed by atoms with Crippen LogP contribution in [0.4, 0.5) is 0 Å². The Balaban J connectivity index is 1.32. The predicted octanol–water partition coefficient (Wildman–Crippen LogP) is 3.38. The number of carbonyl (C=O) groups is 2. The molecule has 1 aliphatic rings. The monoisotopic (exact) mass is 550 g/mol. The van der Waals surface area contributed by atoms with E-state index < -0.39 is 16.0 Å². The number of benzene rings is 1. The Morgan fingerprint density at radius 3 is 2.75 bits per heavy atom. The van der Waals surface area contributed by atoms with Crippen LogP contribution in [-0.4, -0.2) is 67.8 Å². The molecule has 1 saturated heterocycles. The van der Waals surface area contributed by atoms with E-state index in [1.807, 2.05) is 10.3 Å². The molecule has 0 aliphatic carbocycles. The van der Waals surface area contributed by atoms with Gasteiger partial charge in [0.25, 0.3) is 0 Å². The molecule has 36 heavy (non-hydrogen) atoms. The molecule has 0 saturated carbocycles. The van der Waals surface area contributed by atoms with Crippen molar-refractivity contribution < 1.29 is 27.3 Å². The molecule has 3 aromatic rings. The molecule has 1 aliphatic heterocycles. The Hall–Kier alpha value is -2.74. The third-order valence-corrected chi connectivity index (χ3v) is 9.39. The highest BCUT2D eigenvalue weighted by molar-refractivity contribution is 8.00. The highest BCUT2D eigenvalue weighted by Gasteiger charge is 2.27. The second-order valence-electron chi connectivity index (χ2n) is 7.97. The van der Waals surface area contributed by atoms with Gasteiger partial charge in [-0.05, 0) is 38.9 Å². The van der Waals surface area contributed by atoms with Crippen LogP contribution in [0.2, 0.25) is 0 Å². The summed E-state index contributed by atoms with van der Waals surface area (Å²) in [7, 11) is -2.23. The summed E-state index contributed by atoms with van der Waals surface area (Å²) >= 11 is 2.74. The fourth-order valence-electron chi connectivity index (χ4n) is 3.79. The number of thioether (sulfide) groups is 1. The molecule has 13 heteroatoms. The van der Waals surface area contributed by atoms with Gasteiger partial charge in [0, 0.05) is 35.3 Å². The van der Waals surface area contributed by atoms with E-state index >= 15 is 0 Å². The second-order valence-corrected chi connectivity index (χ2v) is 11.7. The second kappa shape index (κ2) is 11.5. The Bertz CT molecular complexity index is 1330. The number of hydrogen-bond acceptors (Lipinski definition) is 10. The van der Waals surface area contributed by atoms with E-state index in [-0.39, 0.29) is 34.8 Å². The zero-order chi connectivity index (χ0) is 25.7. The summed E-state index contributed by atoms with van der Waals surface area (Å²) in [5.74, 6) is 0.227. The molecule has 4 rings (SSSR count). The van der Waals surface area contributed by atoms with Gasteiger partial charge < -0.3 is 14.2 Å². The first-order valence-electron chi connectivity index (χ1n) is 11.3. The maximum absolute atomic E-state index is 12.8. The number of sulfonamides is 1. The van der Waals surface area contributed by atoms with E-state index in [0.717, 1.165) is 17.8 Å². The van der Waals surface area contributed by atoms with Crippen molar-refractivity contribution in [2.24, 2.45) is 0 Å². The summed E-state index contributed by atoms with van der Waals surface area (Å²) in [6, 6.07) is 8.18. The molecule has 3 heterocycles. The van der Waals surface area contributed by atoms with Crippen molar-refractivity contribution in [3.63, 3.8) is 0 Å². The van der Waals surface area contributed by atoms with Gasteiger partial charge >= 0.3 is 5.97 Å². The van der Waals surface area contributed by atoms with Crippen molar-refractivity contribution in [1.82, 2.24) is 19.8 Å². The molecule has 0 spiro atoms. The quantitative estimate of drug-likeness (QED) is 0.314. The molecule has 0 atom stereocenters. The number of nitrogens with one attached hydrogen (secondary N) is 1. The molecular weight excluding hydrogens is 524 g/mol. The van der Waals surface area contributed by atoms with E-state index in [1.54, 1.807) is 25.1 Å². The first kappa shape index (κ1) is 26.3. The van der Waals surface area contributed by atoms with Gasteiger partial charge in [-0.2, -0.15) is 0 Å². The third-order valence-electron chi connectivity index (χ3n) is 5.72. The van der Waals surface area contributed by atoms with E-state index in [9.17, 15) is 18.0 Å². The molecule has 1 amide bonds. The topological polar surface area (TPSA) is 132 Å². The lowest BCUT2D eigenvalue weighted by molar-refractivity contribution is -0.129. The Labute approximate surface area is 217 Å². The van der Waals surface area contributed by atoms with Crippen molar-refractivity contribution in [3.05, 3.63) is 46.4 Å². The molecule has 1 N–H and O–H groups in total. The summed E-state index contributed by atoms with van der Waals surface area (Å²) in [5.41, 5.74) is 0.723. The minimum absolute atomic E-state index is 0.0249. The van der Waals surface area contributed by atoms with E-state index in [4.69, 9.17) is 9.26 Å². The van der Waals surface area contributed by atoms with Crippen LogP contribution < -0.4 is 4.72 Å². The maximum atomic E-state index is 12.8. The normalized spacial score (nSPS) is 14.7. The summed E-state index contributed by atoms with van der Waals surface area (Å²) < 4.78 is 37.0. The van der Waals surface area contributed by atoms with Crippen LogP contribution in [0.5, 0.6) is 0 Å². The van der Waals surface area contributed by atoms with Crippen molar-refractivity contribution in [1.29, 1.82) is 0 Å². The highest BCUT2D eigenvalue weighted by atomic mass is 32.2. The number of aromatic nitrogens is 2. The van der Waals surface area contributed by atoms with E-state index in [1.165, 1.54) is 42.3 Å². The standard InChI is InChI=1S/C23H26N4O6S3/c1-3-32-23(29)16-12-18(33-26-16)17-13-35-22(25-17)15-8-10-27(11-9-15)21(28)14-34-19-6-4-5-7-20(19)36(30,31)24-2/h4-7,12-13,15,24H,3,8-11,14H2,1-2H3. The number of thiazole rings is 1. The minimum Gasteiger partial charge on any atom is -0.461 e. The lowest BCUT2D eigenvalue weighted by Gasteiger charge is -2.31. The number of carbonyl (C=O) groups excluding carboxylic acids is 2. The van der Waals surface area contributed by atoms with Gasteiger partial charge in [-0.3, -0.25) is 4.79 Å². The highest BCUT2D eigenvalue weighted by Crippen LogP contribution is 2.34. The van der Waals surface area contributed by atoms with Crippen LogP contribution in [0.25, 0.3) is 11.5 Å². The Morgan fingerprint density at radius 2 is 2.03 bits per heavy atom. The molecule has 1 aromatic carbocycles. The average Bonchev–Trinajstić information content (AvgIpc) is 3.58. The van der Waals surface area contributed by atoms with Crippen LogP contribution >= 0.6 is 23.1 Å². The molecule has 0 unspecified atom stereocenters. The van der Waals surface area contributed by atoms with E-state index in [2.05, 4.69) is 14.9 Å². The SMILES string of the molecule is CCOC(=O)c1cc(-c2csc(C3CCN(C(=O)CSc4ccccc4S(=O)(=O)NC)CC3)n2)on1. The van der Waals surface area contributed by atoms with Crippen molar-refractivity contribution >= 4 is 45.0 Å². The first-order chi connectivity index (χ1) is 17.3. The number of rotatable bonds is 9. The summed E-state index contributed by atoms with van der Waals surface area (Å²) in [5, 5.41) is 6.58. The maximum Gasteiger partial charge on any atom is 0.360 e. The molecule has 10 nitrogen and oxygen atoms in total. The molecule has 2 aromatic heterocycles.